The Balaban J connectivity index is 1.39. The highest BCUT2D eigenvalue weighted by Gasteiger charge is 2.43. The Bertz CT molecular complexity index is 1360. The van der Waals surface area contributed by atoms with Crippen molar-refractivity contribution in [2.45, 2.75) is 43.3 Å². The van der Waals surface area contributed by atoms with Crippen LogP contribution in [0.2, 0.25) is 0 Å². The van der Waals surface area contributed by atoms with Gasteiger partial charge in [-0.3, -0.25) is 0 Å². The Morgan fingerprint density at radius 2 is 1.83 bits per heavy atom. The predicted octanol–water partition coefficient (Wildman–Crippen LogP) is 4.25. The lowest BCUT2D eigenvalue weighted by atomic mass is 10.0. The van der Waals surface area contributed by atoms with E-state index in [1.54, 1.807) is 42.6 Å². The predicted molar refractivity (Wildman–Crippen MR) is 125 cm³/mol. The van der Waals surface area contributed by atoms with Crippen LogP contribution in [-0.4, -0.2) is 59.5 Å². The Hall–Kier alpha value is -2.96. The number of halogens is 3. The first-order chi connectivity index (χ1) is 17.1. The minimum atomic E-state index is -5.08. The molecule has 2 fully saturated rings. The van der Waals surface area contributed by atoms with Gasteiger partial charge in [0.05, 0.1) is 11.4 Å². The molecule has 1 saturated carbocycles. The average molecular weight is 523 g/mol. The number of aromatic amines is 1. The molecule has 8 nitrogen and oxygen atoms in total. The number of hydrogen-bond donors (Lipinski definition) is 1. The monoisotopic (exact) mass is 522 g/mol. The molecule has 0 radical (unpaired) electrons. The van der Waals surface area contributed by atoms with Gasteiger partial charge in [0.25, 0.3) is 0 Å². The number of hydroxylamine groups is 2. The molecule has 1 saturated heterocycles. The average Bonchev–Trinajstić information content (AvgIpc) is 3.30. The van der Waals surface area contributed by atoms with E-state index in [0.29, 0.717) is 24.4 Å². The summed E-state index contributed by atoms with van der Waals surface area (Å²) in [6.45, 7) is 1.21. The molecule has 12 heteroatoms. The molecular weight excluding hydrogens is 497 g/mol. The van der Waals surface area contributed by atoms with Crippen molar-refractivity contribution in [1.29, 1.82) is 0 Å². The third-order valence-corrected chi connectivity index (χ3v) is 8.32. The fraction of sp³-hybridized carbons (Fsp3) is 0.417. The maximum Gasteiger partial charge on any atom is 0.492 e. The van der Waals surface area contributed by atoms with Crippen LogP contribution < -0.4 is 0 Å². The van der Waals surface area contributed by atoms with Gasteiger partial charge in [-0.1, -0.05) is 12.1 Å². The van der Waals surface area contributed by atoms with Gasteiger partial charge in [0.2, 0.25) is 10.0 Å². The standard InChI is InChI=1S/C24H25F3N4O4S/c25-24(26,27)23(32)35-30(14-16-3-4-16)15-18-13-21-20(9-10-28-22(21)29-18)17-5-7-19(8-6-17)36(33,34)31-11-1-2-12-31/h5-10,13,16H,1-4,11-12,14-15H2,(H,28,29). The number of fused-ring (bicyclic) bond motifs is 1. The normalized spacial score (nSPS) is 17.2. The van der Waals surface area contributed by atoms with Crippen molar-refractivity contribution in [1.82, 2.24) is 19.3 Å². The van der Waals surface area contributed by atoms with Crippen LogP contribution in [0.1, 0.15) is 31.4 Å². The molecule has 1 aliphatic carbocycles. The number of carbonyl (C=O) groups excluding carboxylic acids is 1. The van der Waals surface area contributed by atoms with Gasteiger partial charge in [-0.2, -0.15) is 17.5 Å². The topological polar surface area (TPSA) is 95.6 Å². The van der Waals surface area contributed by atoms with Crippen LogP contribution in [0.4, 0.5) is 13.2 Å². The molecule has 0 atom stereocenters. The zero-order valence-electron chi connectivity index (χ0n) is 19.3. The highest BCUT2D eigenvalue weighted by molar-refractivity contribution is 7.89. The number of alkyl halides is 3. The molecule has 1 N–H and O–H groups in total. The lowest BCUT2D eigenvalue weighted by Gasteiger charge is -2.21. The van der Waals surface area contributed by atoms with E-state index in [1.165, 1.54) is 4.31 Å². The summed E-state index contributed by atoms with van der Waals surface area (Å²) in [5, 5.41) is 1.76. The second kappa shape index (κ2) is 9.49. The number of benzene rings is 1. The van der Waals surface area contributed by atoms with Gasteiger partial charge in [-0.25, -0.2) is 18.2 Å². The molecule has 3 aromatic rings. The summed E-state index contributed by atoms with van der Waals surface area (Å²) in [7, 11) is -3.53. The van der Waals surface area contributed by atoms with Crippen LogP contribution in [0.15, 0.2) is 47.5 Å². The Morgan fingerprint density at radius 3 is 2.47 bits per heavy atom. The highest BCUT2D eigenvalue weighted by Crippen LogP contribution is 2.33. The Morgan fingerprint density at radius 1 is 1.14 bits per heavy atom. The van der Waals surface area contributed by atoms with Crippen LogP contribution in [-0.2, 0) is 26.2 Å². The fourth-order valence-electron chi connectivity index (χ4n) is 4.38. The highest BCUT2D eigenvalue weighted by atomic mass is 32.2. The Labute approximate surface area is 206 Å². The van der Waals surface area contributed by atoms with Gasteiger partial charge in [0.15, 0.2) is 0 Å². The fourth-order valence-corrected chi connectivity index (χ4v) is 5.90. The minimum Gasteiger partial charge on any atom is -0.360 e. The quantitative estimate of drug-likeness (QED) is 0.445. The van der Waals surface area contributed by atoms with Gasteiger partial charge in [-0.05, 0) is 67.0 Å². The molecule has 2 aliphatic rings. The number of sulfonamides is 1. The molecule has 36 heavy (non-hydrogen) atoms. The number of nitrogens with one attached hydrogen (secondary N) is 1. The zero-order valence-corrected chi connectivity index (χ0v) is 20.1. The number of aromatic nitrogens is 2. The van der Waals surface area contributed by atoms with E-state index in [1.807, 2.05) is 0 Å². The van der Waals surface area contributed by atoms with Crippen LogP contribution in [0.25, 0.3) is 22.2 Å². The van der Waals surface area contributed by atoms with Crippen molar-refractivity contribution in [2.75, 3.05) is 19.6 Å². The molecule has 0 unspecified atom stereocenters. The van der Waals surface area contributed by atoms with Crippen LogP contribution in [0, 0.1) is 5.92 Å². The van der Waals surface area contributed by atoms with E-state index in [2.05, 4.69) is 14.8 Å². The first kappa shape index (κ1) is 24.7. The van der Waals surface area contributed by atoms with E-state index in [4.69, 9.17) is 0 Å². The third-order valence-electron chi connectivity index (χ3n) is 6.40. The van der Waals surface area contributed by atoms with E-state index < -0.39 is 22.2 Å². The first-order valence-corrected chi connectivity index (χ1v) is 13.2. The second-order valence-electron chi connectivity index (χ2n) is 9.19. The summed E-state index contributed by atoms with van der Waals surface area (Å²) in [6.07, 6.45) is -0.0149. The molecule has 3 heterocycles. The van der Waals surface area contributed by atoms with Crippen molar-refractivity contribution in [3.8, 4) is 11.1 Å². The van der Waals surface area contributed by atoms with E-state index in [-0.39, 0.29) is 23.9 Å². The van der Waals surface area contributed by atoms with E-state index >= 15 is 0 Å². The zero-order chi connectivity index (χ0) is 25.5. The van der Waals surface area contributed by atoms with Crippen LogP contribution in [0.5, 0.6) is 0 Å². The number of nitrogens with zero attached hydrogens (tertiary/aromatic N) is 3. The molecule has 1 aliphatic heterocycles. The molecule has 1 aromatic carbocycles. The molecule has 0 bridgehead atoms. The molecular formula is C24H25F3N4O4S. The maximum atomic E-state index is 12.8. The number of hydrogen-bond acceptors (Lipinski definition) is 6. The number of pyridine rings is 1. The lowest BCUT2D eigenvalue weighted by molar-refractivity contribution is -0.241. The van der Waals surface area contributed by atoms with E-state index in [9.17, 15) is 26.4 Å². The second-order valence-corrected chi connectivity index (χ2v) is 11.1. The summed E-state index contributed by atoms with van der Waals surface area (Å²) >= 11 is 0. The number of rotatable bonds is 8. The number of carbonyl (C=O) groups is 1. The third kappa shape index (κ3) is 5.25. The molecule has 0 amide bonds. The smallest absolute Gasteiger partial charge is 0.360 e. The van der Waals surface area contributed by atoms with Gasteiger partial charge in [0.1, 0.15) is 5.65 Å². The van der Waals surface area contributed by atoms with E-state index in [0.717, 1.165) is 47.3 Å². The summed E-state index contributed by atoms with van der Waals surface area (Å²) in [5.74, 6) is -2.05. The maximum absolute atomic E-state index is 12.8. The van der Waals surface area contributed by atoms with Crippen LogP contribution in [0.3, 0.4) is 0 Å². The van der Waals surface area contributed by atoms with Crippen LogP contribution >= 0.6 is 0 Å². The number of H-pyrrole nitrogens is 1. The Kier molecular flexibility index (Phi) is 6.52. The molecule has 192 valence electrons. The summed E-state index contributed by atoms with van der Waals surface area (Å²) in [5.41, 5.74) is 2.61. The SMILES string of the molecule is O=C(ON(Cc1cc2c(-c3ccc(S(=O)(=O)N4CCCC4)cc3)ccnc2[nH]1)CC1CC1)C(F)(F)F. The van der Waals surface area contributed by atoms with Crippen molar-refractivity contribution in [2.24, 2.45) is 5.92 Å². The summed E-state index contributed by atoms with van der Waals surface area (Å²) in [6, 6.07) is 10.2. The summed E-state index contributed by atoms with van der Waals surface area (Å²) in [4.78, 5) is 23.7. The van der Waals surface area contributed by atoms with Crippen molar-refractivity contribution >= 4 is 27.0 Å². The lowest BCUT2D eigenvalue weighted by Crippen LogP contribution is -2.35. The molecule has 0 spiro atoms. The molecule has 2 aromatic heterocycles. The van der Waals surface area contributed by atoms with Gasteiger partial charge >= 0.3 is 12.1 Å². The van der Waals surface area contributed by atoms with Gasteiger partial charge in [0, 0.05) is 36.9 Å². The first-order valence-electron chi connectivity index (χ1n) is 11.7. The minimum absolute atomic E-state index is 0.0544. The van der Waals surface area contributed by atoms with Gasteiger partial charge < -0.3 is 9.82 Å². The van der Waals surface area contributed by atoms with Crippen molar-refractivity contribution < 1.29 is 31.2 Å². The summed E-state index contributed by atoms with van der Waals surface area (Å²) < 4.78 is 65.3. The molecule has 5 rings (SSSR count). The largest absolute Gasteiger partial charge is 0.492 e. The van der Waals surface area contributed by atoms with Crippen molar-refractivity contribution in [3.63, 3.8) is 0 Å². The van der Waals surface area contributed by atoms with Gasteiger partial charge in [-0.15, -0.1) is 5.06 Å². The van der Waals surface area contributed by atoms with Crippen molar-refractivity contribution in [3.05, 3.63) is 48.3 Å².